The monoisotopic (exact) mass is 186 g/mol. The van der Waals surface area contributed by atoms with Crippen molar-refractivity contribution in [2.24, 2.45) is 11.8 Å². The number of hydrogen-bond donors (Lipinski definition) is 0. The van der Waals surface area contributed by atoms with Gasteiger partial charge in [-0.05, 0) is 24.7 Å². The maximum atomic E-state index is 5.62. The second kappa shape index (κ2) is 5.64. The average Bonchev–Trinajstić information content (AvgIpc) is 2.15. The molecule has 70 valence electrons. The van der Waals surface area contributed by atoms with Crippen molar-refractivity contribution in [3.63, 3.8) is 0 Å². The molecule has 0 spiro atoms. The van der Waals surface area contributed by atoms with Crippen LogP contribution in [0.3, 0.4) is 0 Å². The highest BCUT2D eigenvalue weighted by atomic mass is 35.5. The van der Waals surface area contributed by atoms with Crippen molar-refractivity contribution in [3.05, 3.63) is 12.2 Å². The third-order valence-electron chi connectivity index (χ3n) is 2.96. The lowest BCUT2D eigenvalue weighted by Gasteiger charge is -2.28. The molecule has 0 nitrogen and oxygen atoms in total. The van der Waals surface area contributed by atoms with E-state index in [2.05, 4.69) is 19.1 Å². The largest absolute Gasteiger partial charge is 0.122 e. The van der Waals surface area contributed by atoms with Crippen molar-refractivity contribution in [3.8, 4) is 0 Å². The van der Waals surface area contributed by atoms with Gasteiger partial charge in [-0.15, -0.1) is 11.6 Å². The maximum Gasteiger partial charge on any atom is 0.0404 e. The molecule has 12 heavy (non-hydrogen) atoms. The van der Waals surface area contributed by atoms with Crippen LogP contribution >= 0.6 is 11.6 Å². The van der Waals surface area contributed by atoms with E-state index in [1.807, 2.05) is 0 Å². The van der Waals surface area contributed by atoms with Gasteiger partial charge in [-0.3, -0.25) is 0 Å². The highest BCUT2D eigenvalue weighted by Gasteiger charge is 2.20. The van der Waals surface area contributed by atoms with E-state index in [4.69, 9.17) is 11.6 Å². The van der Waals surface area contributed by atoms with Crippen LogP contribution < -0.4 is 0 Å². The number of hydrogen-bond acceptors (Lipinski definition) is 0. The van der Waals surface area contributed by atoms with Gasteiger partial charge < -0.3 is 0 Å². The van der Waals surface area contributed by atoms with Gasteiger partial charge in [-0.2, -0.15) is 0 Å². The van der Waals surface area contributed by atoms with E-state index in [0.29, 0.717) is 5.88 Å². The van der Waals surface area contributed by atoms with Crippen LogP contribution in [0.5, 0.6) is 0 Å². The zero-order valence-corrected chi connectivity index (χ0v) is 8.69. The van der Waals surface area contributed by atoms with E-state index in [-0.39, 0.29) is 0 Å². The van der Waals surface area contributed by atoms with E-state index in [1.54, 1.807) is 0 Å². The van der Waals surface area contributed by atoms with Crippen LogP contribution in [-0.2, 0) is 0 Å². The first-order valence-corrected chi connectivity index (χ1v) is 5.64. The Morgan fingerprint density at radius 1 is 1.33 bits per heavy atom. The predicted molar refractivity (Wildman–Crippen MR) is 55.6 cm³/mol. The first-order valence-electron chi connectivity index (χ1n) is 5.11. The Balaban J connectivity index is 2.41. The highest BCUT2D eigenvalue weighted by molar-refractivity contribution is 6.18. The van der Waals surface area contributed by atoms with Gasteiger partial charge in [0.2, 0.25) is 0 Å². The van der Waals surface area contributed by atoms with E-state index in [9.17, 15) is 0 Å². The Morgan fingerprint density at radius 3 is 2.75 bits per heavy atom. The average molecular weight is 187 g/mol. The molecule has 2 atom stereocenters. The van der Waals surface area contributed by atoms with Crippen molar-refractivity contribution in [1.82, 2.24) is 0 Å². The molecule has 0 N–H and O–H groups in total. The fourth-order valence-corrected chi connectivity index (χ4v) is 2.33. The van der Waals surface area contributed by atoms with Crippen molar-refractivity contribution < 1.29 is 0 Å². The predicted octanol–water partition coefficient (Wildman–Crippen LogP) is 4.00. The number of halogens is 1. The van der Waals surface area contributed by atoms with Gasteiger partial charge in [0.25, 0.3) is 0 Å². The summed E-state index contributed by atoms with van der Waals surface area (Å²) in [4.78, 5) is 0. The standard InChI is InChI=1S/C11H19Cl/c1-2-10-6-3-4-7-11(10)8-5-9-12/h5,8,10-11H,2-4,6-7,9H2,1H3/b8-5+. The van der Waals surface area contributed by atoms with Crippen LogP contribution in [0.1, 0.15) is 39.0 Å². The van der Waals surface area contributed by atoms with Gasteiger partial charge in [-0.1, -0.05) is 38.3 Å². The summed E-state index contributed by atoms with van der Waals surface area (Å²) in [6.07, 6.45) is 11.4. The summed E-state index contributed by atoms with van der Waals surface area (Å²) >= 11 is 5.62. The molecule has 0 amide bonds. The molecule has 0 aliphatic heterocycles. The first-order chi connectivity index (χ1) is 5.88. The molecule has 0 bridgehead atoms. The van der Waals surface area contributed by atoms with Crippen LogP contribution in [0.4, 0.5) is 0 Å². The molecule has 0 aromatic heterocycles. The van der Waals surface area contributed by atoms with Gasteiger partial charge in [-0.25, -0.2) is 0 Å². The Morgan fingerprint density at radius 2 is 2.08 bits per heavy atom. The van der Waals surface area contributed by atoms with Gasteiger partial charge in [0, 0.05) is 5.88 Å². The Hall–Kier alpha value is 0.0300. The topological polar surface area (TPSA) is 0 Å². The lowest BCUT2D eigenvalue weighted by molar-refractivity contribution is 0.276. The number of rotatable bonds is 3. The van der Waals surface area contributed by atoms with Gasteiger partial charge >= 0.3 is 0 Å². The van der Waals surface area contributed by atoms with Crippen molar-refractivity contribution in [1.29, 1.82) is 0 Å². The second-order valence-corrected chi connectivity index (χ2v) is 4.01. The van der Waals surface area contributed by atoms with Crippen LogP contribution in [0.2, 0.25) is 0 Å². The molecular formula is C11H19Cl. The SMILES string of the molecule is CCC1CCCCC1/C=C/CCl. The zero-order valence-electron chi connectivity index (χ0n) is 7.93. The van der Waals surface area contributed by atoms with E-state index in [0.717, 1.165) is 11.8 Å². The molecule has 1 aliphatic rings. The maximum absolute atomic E-state index is 5.62. The van der Waals surface area contributed by atoms with Crippen LogP contribution in [0.25, 0.3) is 0 Å². The third-order valence-corrected chi connectivity index (χ3v) is 3.14. The fourth-order valence-electron chi connectivity index (χ4n) is 2.22. The number of allylic oxidation sites excluding steroid dienone is 2. The Labute approximate surface area is 81.0 Å². The van der Waals surface area contributed by atoms with Gasteiger partial charge in [0.05, 0.1) is 0 Å². The quantitative estimate of drug-likeness (QED) is 0.462. The molecule has 0 saturated heterocycles. The fraction of sp³-hybridized carbons (Fsp3) is 0.818. The van der Waals surface area contributed by atoms with E-state index < -0.39 is 0 Å². The minimum Gasteiger partial charge on any atom is -0.122 e. The van der Waals surface area contributed by atoms with E-state index in [1.165, 1.54) is 32.1 Å². The van der Waals surface area contributed by atoms with Crippen molar-refractivity contribution in [2.45, 2.75) is 39.0 Å². The lowest BCUT2D eigenvalue weighted by atomic mass is 9.78. The van der Waals surface area contributed by atoms with Gasteiger partial charge in [0.1, 0.15) is 0 Å². The normalized spacial score (nSPS) is 31.2. The molecule has 0 radical (unpaired) electrons. The summed E-state index contributed by atoms with van der Waals surface area (Å²) in [5.41, 5.74) is 0. The summed E-state index contributed by atoms with van der Waals surface area (Å²) in [5.74, 6) is 2.42. The summed E-state index contributed by atoms with van der Waals surface area (Å²) in [5, 5.41) is 0. The molecule has 0 aromatic carbocycles. The zero-order chi connectivity index (χ0) is 8.81. The minimum atomic E-state index is 0.674. The molecule has 0 heterocycles. The molecule has 2 unspecified atom stereocenters. The molecule has 1 aliphatic carbocycles. The van der Waals surface area contributed by atoms with Gasteiger partial charge in [0.15, 0.2) is 0 Å². The van der Waals surface area contributed by atoms with Crippen molar-refractivity contribution in [2.75, 3.05) is 5.88 Å². The molecule has 0 aromatic rings. The first kappa shape index (κ1) is 10.1. The van der Waals surface area contributed by atoms with Crippen LogP contribution in [0.15, 0.2) is 12.2 Å². The molecular weight excluding hydrogens is 168 g/mol. The van der Waals surface area contributed by atoms with Crippen LogP contribution in [0, 0.1) is 11.8 Å². The minimum absolute atomic E-state index is 0.674. The molecule has 1 fully saturated rings. The summed E-state index contributed by atoms with van der Waals surface area (Å²) in [6, 6.07) is 0. The summed E-state index contributed by atoms with van der Waals surface area (Å²) < 4.78 is 0. The van der Waals surface area contributed by atoms with Crippen molar-refractivity contribution >= 4 is 11.6 Å². The molecule has 1 rings (SSSR count). The Bertz CT molecular complexity index is 140. The molecule has 1 heteroatoms. The second-order valence-electron chi connectivity index (χ2n) is 3.70. The lowest BCUT2D eigenvalue weighted by Crippen LogP contribution is -2.16. The third kappa shape index (κ3) is 2.82. The molecule has 1 saturated carbocycles. The smallest absolute Gasteiger partial charge is 0.0404 e. The van der Waals surface area contributed by atoms with E-state index >= 15 is 0 Å². The number of alkyl halides is 1. The van der Waals surface area contributed by atoms with Crippen LogP contribution in [-0.4, -0.2) is 5.88 Å². The Kier molecular flexibility index (Phi) is 4.75. The highest BCUT2D eigenvalue weighted by Crippen LogP contribution is 2.32. The summed E-state index contributed by atoms with van der Waals surface area (Å²) in [7, 11) is 0. The summed E-state index contributed by atoms with van der Waals surface area (Å²) in [6.45, 7) is 2.30.